The summed E-state index contributed by atoms with van der Waals surface area (Å²) in [7, 11) is 0. The molecule has 6 rings (SSSR count). The minimum atomic E-state index is -0.488. The number of nitrogens with one attached hydrogen (secondary N) is 3. The third kappa shape index (κ3) is 8.44. The number of aromatic amines is 2. The van der Waals surface area contributed by atoms with Crippen LogP contribution >= 0.6 is 11.6 Å². The van der Waals surface area contributed by atoms with Crippen molar-refractivity contribution in [3.05, 3.63) is 73.8 Å². The SMILES string of the molecule is N#Cc1c(Cl)c2ccncc2[nH]c1=O.N#Cc1c(N2CCC(CCO)CC2)c2ccncc2[nH]c1=O.OCCC1CCNCC1. The van der Waals surface area contributed by atoms with E-state index in [-0.39, 0.29) is 28.3 Å². The standard InChI is InChI=1S/C16H18N4O2.C9H4ClN3O.C7H15NO/c17-9-13-15(20-6-2-11(3-7-20)4-8-21)12-1-5-18-10-14(12)19-16(13)22;10-8-5-1-2-12-4-7(5)13-9(14)6(8)3-11;9-6-3-7-1-4-8-5-2-7/h1,5,10-11,21H,2-4,6-8H2,(H,19,22);1-2,4H,(H,13,14);7-9H,1-6H2. The van der Waals surface area contributed by atoms with Crippen LogP contribution in [0.1, 0.15) is 49.7 Å². The van der Waals surface area contributed by atoms with Gasteiger partial charge in [0.2, 0.25) is 0 Å². The molecule has 13 heteroatoms. The van der Waals surface area contributed by atoms with Crippen molar-refractivity contribution >= 4 is 39.1 Å². The number of nitriles is 2. The van der Waals surface area contributed by atoms with Gasteiger partial charge in [-0.05, 0) is 75.6 Å². The van der Waals surface area contributed by atoms with Gasteiger partial charge in [-0.25, -0.2) is 0 Å². The number of hydrogen-bond acceptors (Lipinski definition) is 10. The van der Waals surface area contributed by atoms with Gasteiger partial charge in [-0.2, -0.15) is 10.5 Å². The van der Waals surface area contributed by atoms with Crippen LogP contribution in [-0.4, -0.2) is 69.5 Å². The largest absolute Gasteiger partial charge is 0.396 e. The lowest BCUT2D eigenvalue weighted by molar-refractivity contribution is 0.235. The maximum Gasteiger partial charge on any atom is 0.268 e. The Labute approximate surface area is 265 Å². The van der Waals surface area contributed by atoms with Gasteiger partial charge in [0.25, 0.3) is 11.1 Å². The molecule has 0 amide bonds. The third-order valence-electron chi connectivity index (χ3n) is 8.23. The Balaban J connectivity index is 0.000000171. The van der Waals surface area contributed by atoms with E-state index in [4.69, 9.17) is 27.1 Å². The zero-order chi connectivity index (χ0) is 32.2. The van der Waals surface area contributed by atoms with Crippen LogP contribution in [0.5, 0.6) is 0 Å². The predicted molar refractivity (Wildman–Crippen MR) is 173 cm³/mol. The van der Waals surface area contributed by atoms with Crippen molar-refractivity contribution in [2.24, 2.45) is 11.8 Å². The number of nitrogens with zero attached hydrogens (tertiary/aromatic N) is 5. The van der Waals surface area contributed by atoms with Crippen molar-refractivity contribution < 1.29 is 10.2 Å². The van der Waals surface area contributed by atoms with Crippen molar-refractivity contribution in [3.8, 4) is 12.1 Å². The zero-order valence-corrected chi connectivity index (χ0v) is 25.7. The van der Waals surface area contributed by atoms with Crippen molar-refractivity contribution in [1.29, 1.82) is 10.5 Å². The van der Waals surface area contributed by atoms with E-state index < -0.39 is 5.56 Å². The number of piperidine rings is 2. The van der Waals surface area contributed by atoms with E-state index in [0.717, 1.165) is 63.2 Å². The fourth-order valence-corrected chi connectivity index (χ4v) is 6.04. The molecule has 2 aliphatic rings. The number of aliphatic hydroxyl groups is 2. The topological polar surface area (TPSA) is 195 Å². The number of pyridine rings is 4. The van der Waals surface area contributed by atoms with E-state index >= 15 is 0 Å². The molecule has 2 saturated heterocycles. The Morgan fingerprint density at radius 2 is 1.33 bits per heavy atom. The summed E-state index contributed by atoms with van der Waals surface area (Å²) in [6, 6.07) is 7.29. The van der Waals surface area contributed by atoms with Crippen LogP contribution in [0.4, 0.5) is 5.69 Å². The lowest BCUT2D eigenvalue weighted by atomic mass is 9.93. The molecule has 45 heavy (non-hydrogen) atoms. The molecule has 0 bridgehead atoms. The van der Waals surface area contributed by atoms with Gasteiger partial charge in [0.1, 0.15) is 23.3 Å². The van der Waals surface area contributed by atoms with Gasteiger partial charge < -0.3 is 30.4 Å². The summed E-state index contributed by atoms with van der Waals surface area (Å²) in [6.45, 7) is 4.45. The number of anilines is 1. The first-order valence-corrected chi connectivity index (χ1v) is 15.4. The minimum absolute atomic E-state index is 0.0645. The van der Waals surface area contributed by atoms with Crippen molar-refractivity contribution in [1.82, 2.24) is 25.3 Å². The molecule has 2 fully saturated rings. The summed E-state index contributed by atoms with van der Waals surface area (Å²) >= 11 is 5.88. The molecule has 0 saturated carbocycles. The summed E-state index contributed by atoms with van der Waals surface area (Å²) < 4.78 is 0. The maximum absolute atomic E-state index is 12.1. The van der Waals surface area contributed by atoms with Crippen LogP contribution in [0.3, 0.4) is 0 Å². The Morgan fingerprint density at radius 3 is 1.89 bits per heavy atom. The van der Waals surface area contributed by atoms with Crippen LogP contribution in [-0.2, 0) is 0 Å². The van der Waals surface area contributed by atoms with Gasteiger partial charge in [0.05, 0.1) is 34.1 Å². The monoisotopic (exact) mass is 632 g/mol. The van der Waals surface area contributed by atoms with Gasteiger partial charge in [0, 0.05) is 49.5 Å². The predicted octanol–water partition coefficient (Wildman–Crippen LogP) is 3.21. The Kier molecular flexibility index (Phi) is 12.4. The molecule has 6 heterocycles. The number of rotatable bonds is 5. The molecule has 5 N–H and O–H groups in total. The van der Waals surface area contributed by atoms with Crippen LogP contribution in [0.2, 0.25) is 5.02 Å². The average molecular weight is 633 g/mol. The first-order valence-electron chi connectivity index (χ1n) is 15.0. The molecule has 4 aromatic rings. The number of aromatic nitrogens is 4. The zero-order valence-electron chi connectivity index (χ0n) is 24.9. The number of aliphatic hydroxyl groups excluding tert-OH is 2. The van der Waals surface area contributed by atoms with Crippen LogP contribution in [0.25, 0.3) is 21.8 Å². The normalized spacial score (nSPS) is 15.4. The van der Waals surface area contributed by atoms with Crippen LogP contribution in [0, 0.1) is 34.5 Å². The fourth-order valence-electron chi connectivity index (χ4n) is 5.75. The van der Waals surface area contributed by atoms with Crippen LogP contribution in [0.15, 0.2) is 46.5 Å². The first kappa shape index (κ1) is 33.6. The van der Waals surface area contributed by atoms with E-state index in [9.17, 15) is 14.9 Å². The summed E-state index contributed by atoms with van der Waals surface area (Å²) in [4.78, 5) is 38.7. The van der Waals surface area contributed by atoms with Crippen molar-refractivity contribution in [3.63, 3.8) is 0 Å². The Bertz CT molecular complexity index is 1780. The molecule has 236 valence electrons. The highest BCUT2D eigenvalue weighted by Gasteiger charge is 2.24. The van der Waals surface area contributed by atoms with E-state index in [1.807, 2.05) is 12.1 Å². The van der Waals surface area contributed by atoms with E-state index in [2.05, 4.69) is 30.2 Å². The molecule has 0 aromatic carbocycles. The van der Waals surface area contributed by atoms with Crippen LogP contribution < -0.4 is 21.3 Å². The van der Waals surface area contributed by atoms with Gasteiger partial charge in [0.15, 0.2) is 0 Å². The van der Waals surface area contributed by atoms with Gasteiger partial charge in [-0.1, -0.05) is 11.6 Å². The Morgan fingerprint density at radius 1 is 0.822 bits per heavy atom. The third-order valence-corrected chi connectivity index (χ3v) is 8.62. The highest BCUT2D eigenvalue weighted by atomic mass is 35.5. The summed E-state index contributed by atoms with van der Waals surface area (Å²) in [5, 5.41) is 40.7. The average Bonchev–Trinajstić information content (AvgIpc) is 3.06. The van der Waals surface area contributed by atoms with Gasteiger partial charge >= 0.3 is 0 Å². The van der Waals surface area contributed by atoms with E-state index in [1.165, 1.54) is 19.0 Å². The maximum atomic E-state index is 12.1. The van der Waals surface area contributed by atoms with E-state index in [0.29, 0.717) is 34.6 Å². The summed E-state index contributed by atoms with van der Waals surface area (Å²) in [5.41, 5.74) is 1.14. The molecular weight excluding hydrogens is 596 g/mol. The first-order chi connectivity index (χ1) is 21.9. The number of fused-ring (bicyclic) bond motifs is 2. The lowest BCUT2D eigenvalue weighted by Gasteiger charge is -2.34. The quantitative estimate of drug-likeness (QED) is 0.218. The molecule has 0 unspecified atom stereocenters. The smallest absolute Gasteiger partial charge is 0.268 e. The van der Waals surface area contributed by atoms with E-state index in [1.54, 1.807) is 30.7 Å². The highest BCUT2D eigenvalue weighted by Crippen LogP contribution is 2.31. The number of halogens is 1. The second-order valence-electron chi connectivity index (χ2n) is 11.0. The summed E-state index contributed by atoms with van der Waals surface area (Å²) in [6.07, 6.45) is 12.6. The molecular formula is C32H37ClN8O4. The second kappa shape index (κ2) is 16.7. The minimum Gasteiger partial charge on any atom is -0.396 e. The summed E-state index contributed by atoms with van der Waals surface area (Å²) in [5.74, 6) is 1.30. The molecule has 0 radical (unpaired) electrons. The Hall–Kier alpha value is -4.33. The number of hydrogen-bond donors (Lipinski definition) is 5. The lowest BCUT2D eigenvalue weighted by Crippen LogP contribution is -2.35. The molecule has 2 aliphatic heterocycles. The molecule has 0 atom stereocenters. The van der Waals surface area contributed by atoms with Gasteiger partial charge in [-0.3, -0.25) is 19.6 Å². The van der Waals surface area contributed by atoms with Crippen molar-refractivity contribution in [2.45, 2.75) is 38.5 Å². The second-order valence-corrected chi connectivity index (χ2v) is 11.4. The van der Waals surface area contributed by atoms with Gasteiger partial charge in [-0.15, -0.1) is 0 Å². The molecule has 0 aliphatic carbocycles. The molecule has 0 spiro atoms. The number of H-pyrrole nitrogens is 2. The van der Waals surface area contributed by atoms with Crippen molar-refractivity contribution in [2.75, 3.05) is 44.3 Å². The molecule has 12 nitrogen and oxygen atoms in total. The fraction of sp³-hybridized carbons (Fsp3) is 0.438. The highest BCUT2D eigenvalue weighted by molar-refractivity contribution is 6.36. The molecule has 4 aromatic heterocycles.